The summed E-state index contributed by atoms with van der Waals surface area (Å²) in [5.41, 5.74) is -0.800. The molecule has 0 aliphatic carbocycles. The number of hydrogen-bond acceptors (Lipinski definition) is 5. The first-order valence-corrected chi connectivity index (χ1v) is 9.00. The number of aliphatic hydroxyl groups is 1. The second kappa shape index (κ2) is 7.95. The lowest BCUT2D eigenvalue weighted by Gasteiger charge is -2.41. The Morgan fingerprint density at radius 2 is 2.04 bits per heavy atom. The van der Waals surface area contributed by atoms with Crippen molar-refractivity contribution in [2.24, 2.45) is 5.92 Å². The number of nitrogens with one attached hydrogen (secondary N) is 2. The fourth-order valence-corrected chi connectivity index (χ4v) is 3.12. The zero-order chi connectivity index (χ0) is 20.4. The highest BCUT2D eigenvalue weighted by atomic mass is 19.3. The Labute approximate surface area is 156 Å². The minimum Gasteiger partial charge on any atom is -0.444 e. The third kappa shape index (κ3) is 6.02. The molecule has 3 N–H and O–H groups in total. The topological polar surface area (TPSA) is 108 Å². The number of aliphatic hydroxyl groups excluding tert-OH is 1. The molecule has 0 saturated carbocycles. The van der Waals surface area contributed by atoms with Gasteiger partial charge in [-0.15, -0.1) is 0 Å². The van der Waals surface area contributed by atoms with Crippen LogP contribution in [0.2, 0.25) is 0 Å². The van der Waals surface area contributed by atoms with Gasteiger partial charge < -0.3 is 25.4 Å². The van der Waals surface area contributed by atoms with Crippen molar-refractivity contribution in [1.29, 1.82) is 0 Å². The molecule has 2 aliphatic heterocycles. The van der Waals surface area contributed by atoms with E-state index in [0.29, 0.717) is 13.0 Å². The molecule has 27 heavy (non-hydrogen) atoms. The predicted octanol–water partition coefficient (Wildman–Crippen LogP) is 0.634. The number of alkyl halides is 2. The second-order valence-electron chi connectivity index (χ2n) is 8.11. The molecule has 0 aromatic heterocycles. The summed E-state index contributed by atoms with van der Waals surface area (Å²) in [7, 11) is 0. The van der Waals surface area contributed by atoms with Gasteiger partial charge in [0.2, 0.25) is 5.91 Å². The van der Waals surface area contributed by atoms with Crippen LogP contribution in [-0.2, 0) is 14.3 Å². The van der Waals surface area contributed by atoms with Crippen LogP contribution in [-0.4, -0.2) is 71.2 Å². The molecule has 3 atom stereocenters. The number of carbonyl (C=O) groups excluding carboxylic acids is 3. The lowest BCUT2D eigenvalue weighted by atomic mass is 9.89. The number of ether oxygens (including phenoxy) is 1. The summed E-state index contributed by atoms with van der Waals surface area (Å²) in [4.78, 5) is 37.2. The smallest absolute Gasteiger partial charge is 0.407 e. The number of amides is 3. The zero-order valence-corrected chi connectivity index (χ0v) is 15.8. The Morgan fingerprint density at radius 1 is 1.41 bits per heavy atom. The van der Waals surface area contributed by atoms with Crippen LogP contribution in [0.1, 0.15) is 40.0 Å². The number of alkyl carbamates (subject to hydrolysis) is 1. The minimum atomic E-state index is -2.97. The Morgan fingerprint density at radius 3 is 2.56 bits per heavy atom. The number of rotatable bonds is 5. The standard InChI is InChI=1S/C17H27F2N3O5/c1-16(2,3)27-15(26)21-11(7-10-5-4-6-20-13(10)24)12(23)14(25)22-8-17(18,19)9-22/h10-12,23H,4-9H2,1-3H3,(H,20,24)(H,21,26). The van der Waals surface area contributed by atoms with Gasteiger partial charge in [0.25, 0.3) is 11.8 Å². The first-order valence-electron chi connectivity index (χ1n) is 9.00. The van der Waals surface area contributed by atoms with Gasteiger partial charge in [-0.25, -0.2) is 13.6 Å². The van der Waals surface area contributed by atoms with E-state index < -0.39 is 54.7 Å². The van der Waals surface area contributed by atoms with Crippen LogP contribution in [0.3, 0.4) is 0 Å². The van der Waals surface area contributed by atoms with E-state index >= 15 is 0 Å². The average molecular weight is 391 g/mol. The number of carbonyl (C=O) groups is 3. The van der Waals surface area contributed by atoms with E-state index in [2.05, 4.69) is 10.6 Å². The second-order valence-corrected chi connectivity index (χ2v) is 8.11. The summed E-state index contributed by atoms with van der Waals surface area (Å²) < 4.78 is 31.2. The fourth-order valence-electron chi connectivity index (χ4n) is 3.12. The van der Waals surface area contributed by atoms with Gasteiger partial charge in [-0.3, -0.25) is 9.59 Å². The molecule has 0 spiro atoms. The molecule has 2 aliphatic rings. The molecule has 0 radical (unpaired) electrons. The minimum absolute atomic E-state index is 0.00220. The van der Waals surface area contributed by atoms with Crippen LogP contribution in [0, 0.1) is 5.92 Å². The van der Waals surface area contributed by atoms with Crippen LogP contribution in [0.25, 0.3) is 0 Å². The van der Waals surface area contributed by atoms with Gasteiger partial charge in [0.05, 0.1) is 19.1 Å². The van der Waals surface area contributed by atoms with E-state index in [1.165, 1.54) is 0 Å². The van der Waals surface area contributed by atoms with E-state index in [9.17, 15) is 28.3 Å². The van der Waals surface area contributed by atoms with E-state index in [4.69, 9.17) is 4.74 Å². The van der Waals surface area contributed by atoms with Crippen LogP contribution < -0.4 is 10.6 Å². The van der Waals surface area contributed by atoms with Crippen molar-refractivity contribution >= 4 is 17.9 Å². The van der Waals surface area contributed by atoms with Gasteiger partial charge in [-0.05, 0) is 40.0 Å². The number of nitrogens with zero attached hydrogens (tertiary/aromatic N) is 1. The third-order valence-corrected chi connectivity index (χ3v) is 4.43. The molecule has 2 rings (SSSR count). The molecule has 2 heterocycles. The van der Waals surface area contributed by atoms with Crippen molar-refractivity contribution in [3.05, 3.63) is 0 Å². The molecule has 0 aromatic carbocycles. The molecule has 10 heteroatoms. The number of halogens is 2. The lowest BCUT2D eigenvalue weighted by Crippen LogP contribution is -2.63. The van der Waals surface area contributed by atoms with Gasteiger partial charge in [0.1, 0.15) is 5.60 Å². The normalized spacial score (nSPS) is 24.3. The average Bonchev–Trinajstić information content (AvgIpc) is 2.50. The molecule has 0 aromatic rings. The van der Waals surface area contributed by atoms with Gasteiger partial charge in [-0.2, -0.15) is 0 Å². The molecule has 154 valence electrons. The summed E-state index contributed by atoms with van der Waals surface area (Å²) in [5, 5.41) is 15.5. The monoisotopic (exact) mass is 391 g/mol. The maximum absolute atomic E-state index is 13.0. The van der Waals surface area contributed by atoms with Crippen LogP contribution in [0.15, 0.2) is 0 Å². The fraction of sp³-hybridized carbons (Fsp3) is 0.824. The Balaban J connectivity index is 2.06. The SMILES string of the molecule is CC(C)(C)OC(=O)NC(CC1CCCNC1=O)C(O)C(=O)N1CC(F)(F)C1. The maximum atomic E-state index is 13.0. The van der Waals surface area contributed by atoms with Crippen molar-refractivity contribution in [3.63, 3.8) is 0 Å². The van der Waals surface area contributed by atoms with Gasteiger partial charge in [0, 0.05) is 12.5 Å². The quantitative estimate of drug-likeness (QED) is 0.637. The Bertz CT molecular complexity index is 586. The molecule has 0 bridgehead atoms. The highest BCUT2D eigenvalue weighted by Gasteiger charge is 2.49. The Hall–Kier alpha value is -1.97. The van der Waals surface area contributed by atoms with E-state index in [1.54, 1.807) is 20.8 Å². The molecule has 8 nitrogen and oxygen atoms in total. The van der Waals surface area contributed by atoms with Gasteiger partial charge >= 0.3 is 6.09 Å². The summed E-state index contributed by atoms with van der Waals surface area (Å²) in [5.74, 6) is -4.60. The maximum Gasteiger partial charge on any atom is 0.407 e. The van der Waals surface area contributed by atoms with E-state index in [0.717, 1.165) is 11.3 Å². The molecule has 2 fully saturated rings. The summed E-state index contributed by atoms with van der Waals surface area (Å²) in [6.45, 7) is 3.96. The number of hydrogen-bond donors (Lipinski definition) is 3. The van der Waals surface area contributed by atoms with Crippen LogP contribution >= 0.6 is 0 Å². The first kappa shape index (κ1) is 21.3. The van der Waals surface area contributed by atoms with Crippen LogP contribution in [0.5, 0.6) is 0 Å². The zero-order valence-electron chi connectivity index (χ0n) is 15.8. The van der Waals surface area contributed by atoms with Crippen molar-refractivity contribution < 1.29 is 33.0 Å². The summed E-state index contributed by atoms with van der Waals surface area (Å²) >= 11 is 0. The molecular weight excluding hydrogens is 364 g/mol. The molecule has 3 unspecified atom stereocenters. The molecule has 3 amide bonds. The predicted molar refractivity (Wildman–Crippen MR) is 91.0 cm³/mol. The Kier molecular flexibility index (Phi) is 6.28. The van der Waals surface area contributed by atoms with E-state index in [-0.39, 0.29) is 12.3 Å². The largest absolute Gasteiger partial charge is 0.444 e. The van der Waals surface area contributed by atoms with Gasteiger partial charge in [-0.1, -0.05) is 0 Å². The summed E-state index contributed by atoms with van der Waals surface area (Å²) in [6.07, 6.45) is -1.32. The first-order chi connectivity index (χ1) is 12.4. The van der Waals surface area contributed by atoms with Crippen molar-refractivity contribution in [2.45, 2.75) is 63.7 Å². The van der Waals surface area contributed by atoms with E-state index in [1.807, 2.05) is 0 Å². The van der Waals surface area contributed by atoms with Crippen LogP contribution in [0.4, 0.5) is 13.6 Å². The van der Waals surface area contributed by atoms with Crippen molar-refractivity contribution in [3.8, 4) is 0 Å². The molecular formula is C17H27F2N3O5. The lowest BCUT2D eigenvalue weighted by molar-refractivity contribution is -0.174. The summed E-state index contributed by atoms with van der Waals surface area (Å²) in [6, 6.07) is -1.13. The third-order valence-electron chi connectivity index (χ3n) is 4.43. The van der Waals surface area contributed by atoms with Crippen molar-refractivity contribution in [2.75, 3.05) is 19.6 Å². The number of piperidine rings is 1. The number of likely N-dealkylation sites (tertiary alicyclic amines) is 1. The highest BCUT2D eigenvalue weighted by molar-refractivity contribution is 5.84. The van der Waals surface area contributed by atoms with Crippen molar-refractivity contribution in [1.82, 2.24) is 15.5 Å². The van der Waals surface area contributed by atoms with Gasteiger partial charge in [0.15, 0.2) is 6.10 Å². The molecule has 2 saturated heterocycles. The highest BCUT2D eigenvalue weighted by Crippen LogP contribution is 2.28.